The highest BCUT2D eigenvalue weighted by molar-refractivity contribution is 7.92. The van der Waals surface area contributed by atoms with Gasteiger partial charge < -0.3 is 10.1 Å². The third kappa shape index (κ3) is 5.99. The fraction of sp³-hybridized carbons (Fsp3) is 0.381. The largest absolute Gasteiger partial charge is 0.492 e. The number of carbonyl (C=O) groups is 1. The van der Waals surface area contributed by atoms with Gasteiger partial charge in [0.25, 0.3) is 0 Å². The Kier molecular flexibility index (Phi) is 7.45. The number of carbonyl (C=O) groups excluding carboxylic acids is 1. The number of para-hydroxylation sites is 1. The molecule has 7 heteroatoms. The van der Waals surface area contributed by atoms with Crippen LogP contribution in [0.15, 0.2) is 48.5 Å². The van der Waals surface area contributed by atoms with Gasteiger partial charge in [0, 0.05) is 0 Å². The summed E-state index contributed by atoms with van der Waals surface area (Å²) in [6.07, 6.45) is 1.46. The van der Waals surface area contributed by atoms with Crippen molar-refractivity contribution in [1.82, 2.24) is 5.32 Å². The summed E-state index contributed by atoms with van der Waals surface area (Å²) in [7, 11) is -3.62. The lowest BCUT2D eigenvalue weighted by atomic mass is 10.1. The van der Waals surface area contributed by atoms with Gasteiger partial charge in [-0.3, -0.25) is 9.10 Å². The van der Waals surface area contributed by atoms with Crippen molar-refractivity contribution in [2.45, 2.75) is 33.2 Å². The van der Waals surface area contributed by atoms with E-state index in [0.717, 1.165) is 23.1 Å². The van der Waals surface area contributed by atoms with Crippen LogP contribution in [0.2, 0.25) is 0 Å². The number of nitrogens with zero attached hydrogens (tertiary/aromatic N) is 1. The maximum absolute atomic E-state index is 12.7. The van der Waals surface area contributed by atoms with Gasteiger partial charge >= 0.3 is 0 Å². The maximum Gasteiger partial charge on any atom is 0.244 e. The molecule has 0 heterocycles. The predicted octanol–water partition coefficient (Wildman–Crippen LogP) is 3.04. The van der Waals surface area contributed by atoms with E-state index in [2.05, 4.69) is 11.4 Å². The quantitative estimate of drug-likeness (QED) is 0.652. The molecule has 0 saturated carbocycles. The molecule has 1 atom stereocenters. The Hall–Kier alpha value is -2.54. The van der Waals surface area contributed by atoms with Crippen molar-refractivity contribution in [2.75, 3.05) is 23.7 Å². The molecule has 2 aromatic rings. The summed E-state index contributed by atoms with van der Waals surface area (Å²) in [4.78, 5) is 12.7. The third-order valence-corrected chi connectivity index (χ3v) is 5.39. The van der Waals surface area contributed by atoms with Crippen LogP contribution in [0.1, 0.15) is 24.5 Å². The second-order valence-electron chi connectivity index (χ2n) is 6.78. The number of anilines is 1. The summed E-state index contributed by atoms with van der Waals surface area (Å²) < 4.78 is 31.5. The molecule has 0 aromatic heterocycles. The van der Waals surface area contributed by atoms with Crippen LogP contribution in [0.5, 0.6) is 5.75 Å². The van der Waals surface area contributed by atoms with Crippen molar-refractivity contribution < 1.29 is 17.9 Å². The van der Waals surface area contributed by atoms with Gasteiger partial charge in [-0.15, -0.1) is 0 Å². The molecule has 0 saturated heterocycles. The van der Waals surface area contributed by atoms with Gasteiger partial charge in [-0.1, -0.05) is 31.2 Å². The zero-order valence-corrected chi connectivity index (χ0v) is 17.6. The lowest BCUT2D eigenvalue weighted by Crippen LogP contribution is -2.49. The van der Waals surface area contributed by atoms with E-state index in [1.54, 1.807) is 37.3 Å². The van der Waals surface area contributed by atoms with E-state index in [0.29, 0.717) is 18.7 Å². The number of sulfonamides is 1. The van der Waals surface area contributed by atoms with E-state index < -0.39 is 16.1 Å². The first-order valence-electron chi connectivity index (χ1n) is 9.25. The van der Waals surface area contributed by atoms with Crippen LogP contribution < -0.4 is 14.4 Å². The second-order valence-corrected chi connectivity index (χ2v) is 8.64. The normalized spacial score (nSPS) is 12.3. The molecular formula is C21H28N2O4S. The van der Waals surface area contributed by atoms with Crippen molar-refractivity contribution in [3.63, 3.8) is 0 Å². The van der Waals surface area contributed by atoms with Crippen LogP contribution in [0.4, 0.5) is 5.69 Å². The molecule has 0 spiro atoms. The standard InChI is InChI=1S/C21H28N2O4S/c1-5-20(23(28(4,25)26)18-9-7-6-8-10-18)21(24)22-11-12-27-19-14-16(2)13-17(3)15-19/h6-10,13-15,20H,5,11-12H2,1-4H3,(H,22,24). The average molecular weight is 405 g/mol. The number of nitrogens with one attached hydrogen (secondary N) is 1. The van der Waals surface area contributed by atoms with E-state index >= 15 is 0 Å². The molecular weight excluding hydrogens is 376 g/mol. The van der Waals surface area contributed by atoms with Gasteiger partial charge in [-0.05, 0) is 55.7 Å². The van der Waals surface area contributed by atoms with Gasteiger partial charge in [0.1, 0.15) is 18.4 Å². The molecule has 6 nitrogen and oxygen atoms in total. The monoisotopic (exact) mass is 404 g/mol. The van der Waals surface area contributed by atoms with Crippen molar-refractivity contribution in [3.8, 4) is 5.75 Å². The molecule has 0 bridgehead atoms. The fourth-order valence-corrected chi connectivity index (χ4v) is 4.32. The fourth-order valence-electron chi connectivity index (χ4n) is 3.11. The summed E-state index contributed by atoms with van der Waals surface area (Å²) in [6, 6.07) is 13.8. The van der Waals surface area contributed by atoms with Gasteiger partial charge in [0.15, 0.2) is 0 Å². The van der Waals surface area contributed by atoms with Gasteiger partial charge in [-0.2, -0.15) is 0 Å². The number of hydrogen-bond donors (Lipinski definition) is 1. The predicted molar refractivity (Wildman–Crippen MR) is 112 cm³/mol. The third-order valence-electron chi connectivity index (χ3n) is 4.21. The summed E-state index contributed by atoms with van der Waals surface area (Å²) in [5.74, 6) is 0.404. The lowest BCUT2D eigenvalue weighted by Gasteiger charge is -2.30. The summed E-state index contributed by atoms with van der Waals surface area (Å²) in [5, 5.41) is 2.79. The molecule has 0 aliphatic heterocycles. The molecule has 0 radical (unpaired) electrons. The number of hydrogen-bond acceptors (Lipinski definition) is 4. The van der Waals surface area contributed by atoms with Crippen LogP contribution in [0.3, 0.4) is 0 Å². The Morgan fingerprint density at radius 3 is 2.25 bits per heavy atom. The molecule has 2 aromatic carbocycles. The van der Waals surface area contributed by atoms with Crippen LogP contribution in [-0.2, 0) is 14.8 Å². The van der Waals surface area contributed by atoms with Gasteiger partial charge in [-0.25, -0.2) is 8.42 Å². The van der Waals surface area contributed by atoms with E-state index in [4.69, 9.17) is 4.74 Å². The molecule has 2 rings (SSSR count). The first-order valence-corrected chi connectivity index (χ1v) is 11.1. The van der Waals surface area contributed by atoms with Gasteiger partial charge in [0.05, 0.1) is 18.5 Å². The first-order chi connectivity index (χ1) is 13.2. The highest BCUT2D eigenvalue weighted by Crippen LogP contribution is 2.22. The minimum atomic E-state index is -3.62. The zero-order chi connectivity index (χ0) is 20.7. The van der Waals surface area contributed by atoms with E-state index in [1.165, 1.54) is 4.31 Å². The Balaban J connectivity index is 2.01. The zero-order valence-electron chi connectivity index (χ0n) is 16.8. The van der Waals surface area contributed by atoms with Crippen LogP contribution in [0, 0.1) is 13.8 Å². The highest BCUT2D eigenvalue weighted by Gasteiger charge is 2.31. The van der Waals surface area contributed by atoms with Crippen molar-refractivity contribution in [1.29, 1.82) is 0 Å². The number of amides is 1. The number of ether oxygens (including phenoxy) is 1. The lowest BCUT2D eigenvalue weighted by molar-refractivity contribution is -0.122. The summed E-state index contributed by atoms with van der Waals surface area (Å²) >= 11 is 0. The van der Waals surface area contributed by atoms with E-state index in [9.17, 15) is 13.2 Å². The van der Waals surface area contributed by atoms with Crippen LogP contribution in [-0.4, -0.2) is 39.8 Å². The maximum atomic E-state index is 12.7. The minimum absolute atomic E-state index is 0.286. The van der Waals surface area contributed by atoms with Crippen molar-refractivity contribution >= 4 is 21.6 Å². The Bertz CT molecular complexity index is 878. The smallest absolute Gasteiger partial charge is 0.244 e. The highest BCUT2D eigenvalue weighted by atomic mass is 32.2. The molecule has 1 N–H and O–H groups in total. The first kappa shape index (κ1) is 21.8. The molecule has 1 unspecified atom stereocenters. The van der Waals surface area contributed by atoms with Crippen LogP contribution >= 0.6 is 0 Å². The molecule has 1 amide bonds. The minimum Gasteiger partial charge on any atom is -0.492 e. The summed E-state index contributed by atoms with van der Waals surface area (Å²) in [5.41, 5.74) is 2.69. The van der Waals surface area contributed by atoms with E-state index in [-0.39, 0.29) is 12.5 Å². The second kappa shape index (κ2) is 9.59. The summed E-state index contributed by atoms with van der Waals surface area (Å²) in [6.45, 7) is 6.37. The van der Waals surface area contributed by atoms with E-state index in [1.807, 2.05) is 26.0 Å². The SMILES string of the molecule is CCC(C(=O)NCCOc1cc(C)cc(C)c1)N(c1ccccc1)S(C)(=O)=O. The van der Waals surface area contributed by atoms with Gasteiger partial charge in [0.2, 0.25) is 15.9 Å². The number of benzene rings is 2. The molecule has 0 aliphatic carbocycles. The topological polar surface area (TPSA) is 75.7 Å². The number of rotatable bonds is 9. The van der Waals surface area contributed by atoms with Crippen molar-refractivity contribution in [2.24, 2.45) is 0 Å². The van der Waals surface area contributed by atoms with Crippen LogP contribution in [0.25, 0.3) is 0 Å². The number of aryl methyl sites for hydroxylation is 2. The molecule has 152 valence electrons. The Morgan fingerprint density at radius 2 is 1.71 bits per heavy atom. The molecule has 0 aliphatic rings. The Labute approximate surface area is 167 Å². The Morgan fingerprint density at radius 1 is 1.11 bits per heavy atom. The average Bonchev–Trinajstić information content (AvgIpc) is 2.62. The molecule has 0 fully saturated rings. The molecule has 28 heavy (non-hydrogen) atoms. The van der Waals surface area contributed by atoms with Crippen molar-refractivity contribution in [3.05, 3.63) is 59.7 Å².